The number of nitrogens with one attached hydrogen (secondary N) is 1. The van der Waals surface area contributed by atoms with Gasteiger partial charge in [-0.3, -0.25) is 14.9 Å². The molecule has 2 rings (SSSR count). The second kappa shape index (κ2) is 3.79. The van der Waals surface area contributed by atoms with Crippen LogP contribution in [0.4, 0.5) is 0 Å². The van der Waals surface area contributed by atoms with E-state index in [0.717, 1.165) is 0 Å². The summed E-state index contributed by atoms with van der Waals surface area (Å²) in [6, 6.07) is 6.74. The maximum Gasteiger partial charge on any atom is 0.258 e. The zero-order valence-electron chi connectivity index (χ0n) is 6.63. The number of carbonyl (C=O) groups is 2. The van der Waals surface area contributed by atoms with Crippen LogP contribution in [0.5, 0.6) is 0 Å². The lowest BCUT2D eigenvalue weighted by Crippen LogP contribution is -2.19. The van der Waals surface area contributed by atoms with Gasteiger partial charge in [-0.1, -0.05) is 12.1 Å². The molecule has 0 saturated heterocycles. The molecule has 0 aromatic heterocycles. The van der Waals surface area contributed by atoms with Gasteiger partial charge in [-0.05, 0) is 12.1 Å². The molecule has 0 atom stereocenters. The van der Waals surface area contributed by atoms with E-state index in [9.17, 15) is 9.59 Å². The second-order valence-electron chi connectivity index (χ2n) is 2.33. The average Bonchev–Trinajstić information content (AvgIpc) is 2.30. The van der Waals surface area contributed by atoms with E-state index in [2.05, 4.69) is 5.32 Å². The smallest absolute Gasteiger partial charge is 0.258 e. The van der Waals surface area contributed by atoms with Crippen molar-refractivity contribution in [3.63, 3.8) is 0 Å². The van der Waals surface area contributed by atoms with E-state index < -0.39 is 0 Å². The topological polar surface area (TPSA) is 109 Å². The SMILES string of the molecule is O.O.O=C1NC(=O)c2ccccc21. The molecule has 1 aliphatic rings. The number of hydrogen-bond acceptors (Lipinski definition) is 2. The highest BCUT2D eigenvalue weighted by molar-refractivity contribution is 6.21. The van der Waals surface area contributed by atoms with Gasteiger partial charge in [0.1, 0.15) is 0 Å². The van der Waals surface area contributed by atoms with Crippen molar-refractivity contribution < 1.29 is 20.5 Å². The van der Waals surface area contributed by atoms with Gasteiger partial charge in [0, 0.05) is 0 Å². The van der Waals surface area contributed by atoms with Crippen LogP contribution in [-0.4, -0.2) is 22.8 Å². The zero-order chi connectivity index (χ0) is 7.84. The first kappa shape index (κ1) is 11.3. The largest absolute Gasteiger partial charge is 0.412 e. The first-order valence-corrected chi connectivity index (χ1v) is 3.24. The Hall–Kier alpha value is -1.72. The van der Waals surface area contributed by atoms with Crippen LogP contribution in [0.2, 0.25) is 0 Å². The molecule has 13 heavy (non-hydrogen) atoms. The van der Waals surface area contributed by atoms with Gasteiger partial charge in [0.2, 0.25) is 0 Å². The molecule has 1 heterocycles. The Balaban J connectivity index is 0.000000720. The number of imide groups is 1. The molecule has 0 fully saturated rings. The monoisotopic (exact) mass is 183 g/mol. The second-order valence-corrected chi connectivity index (χ2v) is 2.33. The molecule has 2 amide bonds. The third-order valence-electron chi connectivity index (χ3n) is 1.64. The lowest BCUT2D eigenvalue weighted by Gasteiger charge is -1.88. The summed E-state index contributed by atoms with van der Waals surface area (Å²) < 4.78 is 0. The van der Waals surface area contributed by atoms with Gasteiger partial charge in [-0.15, -0.1) is 0 Å². The van der Waals surface area contributed by atoms with E-state index >= 15 is 0 Å². The molecule has 1 aromatic carbocycles. The van der Waals surface area contributed by atoms with Crippen LogP contribution in [0.15, 0.2) is 24.3 Å². The fourth-order valence-electron chi connectivity index (χ4n) is 1.12. The minimum absolute atomic E-state index is 0. The molecule has 5 heteroatoms. The van der Waals surface area contributed by atoms with E-state index in [-0.39, 0.29) is 22.8 Å². The number of hydrogen-bond donors (Lipinski definition) is 1. The number of rotatable bonds is 0. The molecule has 0 spiro atoms. The highest BCUT2D eigenvalue weighted by Gasteiger charge is 2.25. The molecular formula is C8H9NO4. The molecule has 1 aliphatic heterocycles. The fourth-order valence-corrected chi connectivity index (χ4v) is 1.12. The Morgan fingerprint density at radius 2 is 1.23 bits per heavy atom. The molecule has 1 aromatic rings. The predicted molar refractivity (Wildman–Crippen MR) is 45.5 cm³/mol. The number of carbonyl (C=O) groups excluding carboxylic acids is 2. The van der Waals surface area contributed by atoms with Crippen LogP contribution in [0, 0.1) is 0 Å². The van der Waals surface area contributed by atoms with Crippen LogP contribution in [0.25, 0.3) is 0 Å². The minimum Gasteiger partial charge on any atom is -0.412 e. The van der Waals surface area contributed by atoms with Gasteiger partial charge in [-0.25, -0.2) is 0 Å². The standard InChI is InChI=1S/C8H5NO2.2H2O/c10-7-5-3-1-2-4-6(5)8(11)9-7;;/h1-4H,(H,9,10,11);2*1H2. The van der Waals surface area contributed by atoms with Crippen LogP contribution < -0.4 is 5.32 Å². The van der Waals surface area contributed by atoms with Crippen LogP contribution in [-0.2, 0) is 0 Å². The number of fused-ring (bicyclic) bond motifs is 1. The predicted octanol–water partition coefficient (Wildman–Crippen LogP) is -1.08. The van der Waals surface area contributed by atoms with Gasteiger partial charge in [0.15, 0.2) is 0 Å². The third-order valence-corrected chi connectivity index (χ3v) is 1.64. The summed E-state index contributed by atoms with van der Waals surface area (Å²) in [4.78, 5) is 21.9. The summed E-state index contributed by atoms with van der Waals surface area (Å²) in [5.74, 6) is -0.601. The molecule has 0 radical (unpaired) electrons. The Kier molecular flexibility index (Phi) is 3.29. The van der Waals surface area contributed by atoms with E-state index in [0.29, 0.717) is 11.1 Å². The normalized spacial score (nSPS) is 12.3. The van der Waals surface area contributed by atoms with Crippen molar-refractivity contribution in [2.75, 3.05) is 0 Å². The third kappa shape index (κ3) is 1.56. The summed E-state index contributed by atoms with van der Waals surface area (Å²) in [6.07, 6.45) is 0. The highest BCUT2D eigenvalue weighted by Crippen LogP contribution is 2.13. The van der Waals surface area contributed by atoms with Gasteiger partial charge in [-0.2, -0.15) is 0 Å². The molecule has 5 N–H and O–H groups in total. The molecule has 5 nitrogen and oxygen atoms in total. The maximum absolute atomic E-state index is 10.9. The van der Waals surface area contributed by atoms with Crippen molar-refractivity contribution in [1.29, 1.82) is 0 Å². The summed E-state index contributed by atoms with van der Waals surface area (Å²) in [5.41, 5.74) is 0.940. The van der Waals surface area contributed by atoms with E-state index in [1.54, 1.807) is 24.3 Å². The van der Waals surface area contributed by atoms with Crippen molar-refractivity contribution in [2.45, 2.75) is 0 Å². The number of benzene rings is 1. The Morgan fingerprint density at radius 1 is 0.846 bits per heavy atom. The van der Waals surface area contributed by atoms with Crippen molar-refractivity contribution in [3.8, 4) is 0 Å². The van der Waals surface area contributed by atoms with Gasteiger partial charge >= 0.3 is 0 Å². The van der Waals surface area contributed by atoms with Crippen LogP contribution in [0.3, 0.4) is 0 Å². The lowest BCUT2D eigenvalue weighted by molar-refractivity contribution is 0.0879. The van der Waals surface area contributed by atoms with E-state index in [1.165, 1.54) is 0 Å². The van der Waals surface area contributed by atoms with Gasteiger partial charge in [0.25, 0.3) is 11.8 Å². The van der Waals surface area contributed by atoms with Crippen molar-refractivity contribution in [1.82, 2.24) is 5.32 Å². The minimum atomic E-state index is -0.300. The van der Waals surface area contributed by atoms with Crippen LogP contribution >= 0.6 is 0 Å². The highest BCUT2D eigenvalue weighted by atomic mass is 16.2. The first-order chi connectivity index (χ1) is 5.29. The van der Waals surface area contributed by atoms with Crippen molar-refractivity contribution in [3.05, 3.63) is 35.4 Å². The fraction of sp³-hybridized carbons (Fsp3) is 0. The number of amides is 2. The molecular weight excluding hydrogens is 174 g/mol. The van der Waals surface area contributed by atoms with Crippen LogP contribution in [0.1, 0.15) is 20.7 Å². The Morgan fingerprint density at radius 3 is 1.62 bits per heavy atom. The van der Waals surface area contributed by atoms with E-state index in [4.69, 9.17) is 0 Å². The van der Waals surface area contributed by atoms with Crippen molar-refractivity contribution >= 4 is 11.8 Å². The maximum atomic E-state index is 10.9. The first-order valence-electron chi connectivity index (χ1n) is 3.24. The summed E-state index contributed by atoms with van der Waals surface area (Å²) >= 11 is 0. The van der Waals surface area contributed by atoms with Gasteiger partial charge < -0.3 is 11.0 Å². The average molecular weight is 183 g/mol. The lowest BCUT2D eigenvalue weighted by atomic mass is 10.1. The zero-order valence-corrected chi connectivity index (χ0v) is 6.63. The Labute approximate surface area is 74.0 Å². The van der Waals surface area contributed by atoms with E-state index in [1.807, 2.05) is 0 Å². The summed E-state index contributed by atoms with van der Waals surface area (Å²) in [6.45, 7) is 0. The molecule has 70 valence electrons. The molecule has 0 aliphatic carbocycles. The quantitative estimate of drug-likeness (QED) is 0.516. The Bertz CT molecular complexity index is 315. The van der Waals surface area contributed by atoms with Crippen molar-refractivity contribution in [2.24, 2.45) is 0 Å². The summed E-state index contributed by atoms with van der Waals surface area (Å²) in [5, 5.41) is 2.20. The van der Waals surface area contributed by atoms with Gasteiger partial charge in [0.05, 0.1) is 11.1 Å². The molecule has 0 bridgehead atoms. The molecule has 0 saturated carbocycles. The summed E-state index contributed by atoms with van der Waals surface area (Å²) in [7, 11) is 0. The molecule has 0 unspecified atom stereocenters.